The van der Waals surface area contributed by atoms with E-state index in [0.29, 0.717) is 11.6 Å². The maximum absolute atomic E-state index is 5.18. The summed E-state index contributed by atoms with van der Waals surface area (Å²) < 4.78 is 0. The maximum atomic E-state index is 5.18. The van der Waals surface area contributed by atoms with Crippen molar-refractivity contribution in [2.75, 3.05) is 0 Å². The first kappa shape index (κ1) is 45.4. The molecule has 8 nitrogen and oxygen atoms in total. The van der Waals surface area contributed by atoms with Gasteiger partial charge in [-0.25, -0.2) is 24.9 Å². The Kier molecular flexibility index (Phi) is 12.1. The van der Waals surface area contributed by atoms with Crippen LogP contribution in [0.15, 0.2) is 267 Å². The van der Waals surface area contributed by atoms with Crippen molar-refractivity contribution >= 4 is 10.8 Å². The van der Waals surface area contributed by atoms with Crippen molar-refractivity contribution < 1.29 is 0 Å². The summed E-state index contributed by atoms with van der Waals surface area (Å²) in [5.74, 6) is 1.29. The molecule has 8 heteroatoms. The molecule has 0 bridgehead atoms. The Morgan fingerprint density at radius 2 is 0.592 bits per heavy atom. The first-order valence-corrected chi connectivity index (χ1v) is 25.1. The molecule has 0 unspecified atom stereocenters. The lowest BCUT2D eigenvalue weighted by Crippen LogP contribution is -1.97. The fraction of sp³-hybridized carbons (Fsp3) is 0. The van der Waals surface area contributed by atoms with Crippen molar-refractivity contribution in [3.63, 3.8) is 0 Å². The lowest BCUT2D eigenvalue weighted by Gasteiger charge is -2.12. The van der Waals surface area contributed by atoms with Gasteiger partial charge >= 0.3 is 0 Å². The molecule has 13 aromatic rings. The number of benzene rings is 7. The van der Waals surface area contributed by atoms with E-state index in [4.69, 9.17) is 29.9 Å². The van der Waals surface area contributed by atoms with Crippen LogP contribution in [0.3, 0.4) is 0 Å². The molecule has 6 aromatic heterocycles. The molecule has 0 aliphatic carbocycles. The molecule has 13 rings (SSSR count). The van der Waals surface area contributed by atoms with E-state index in [0.717, 1.165) is 123 Å². The zero-order valence-corrected chi connectivity index (χ0v) is 41.0. The highest BCUT2D eigenvalue weighted by atomic mass is 14.9. The summed E-state index contributed by atoms with van der Waals surface area (Å²) in [4.78, 5) is 39.6. The quantitative estimate of drug-likeness (QED) is 0.126. The molecule has 76 heavy (non-hydrogen) atoms. The van der Waals surface area contributed by atoms with Gasteiger partial charge in [0.05, 0.1) is 51.2 Å². The van der Waals surface area contributed by atoms with Crippen molar-refractivity contribution in [3.05, 3.63) is 267 Å². The summed E-state index contributed by atoms with van der Waals surface area (Å²) in [7, 11) is 0. The fourth-order valence-electron chi connectivity index (χ4n) is 9.57. The van der Waals surface area contributed by atoms with E-state index in [1.54, 1.807) is 0 Å². The average Bonchev–Trinajstić information content (AvgIpc) is 3.52. The smallest absolute Gasteiger partial charge is 0.160 e. The molecule has 356 valence electrons. The van der Waals surface area contributed by atoms with Gasteiger partial charge in [0.1, 0.15) is 0 Å². The molecular formula is C68H44N8. The van der Waals surface area contributed by atoms with Crippen LogP contribution in [-0.2, 0) is 0 Å². The van der Waals surface area contributed by atoms with Gasteiger partial charge in [0.25, 0.3) is 0 Å². The molecule has 0 amide bonds. The molecule has 0 spiro atoms. The molecule has 6 heterocycles. The first-order chi connectivity index (χ1) is 37.6. The summed E-state index contributed by atoms with van der Waals surface area (Å²) >= 11 is 0. The van der Waals surface area contributed by atoms with Crippen LogP contribution >= 0.6 is 0 Å². The Bertz CT molecular complexity index is 4170. The van der Waals surface area contributed by atoms with Gasteiger partial charge in [-0.2, -0.15) is 0 Å². The number of aromatic nitrogens is 8. The third-order valence-corrected chi connectivity index (χ3v) is 13.6. The van der Waals surface area contributed by atoms with Crippen LogP contribution in [0.4, 0.5) is 0 Å². The Hall–Kier alpha value is -10.4. The number of fused-ring (bicyclic) bond motifs is 1. The van der Waals surface area contributed by atoms with Crippen LogP contribution in [0.5, 0.6) is 0 Å². The highest BCUT2D eigenvalue weighted by molar-refractivity contribution is 5.96. The molecule has 0 saturated heterocycles. The van der Waals surface area contributed by atoms with Gasteiger partial charge in [0, 0.05) is 79.8 Å². The third-order valence-electron chi connectivity index (χ3n) is 13.6. The lowest BCUT2D eigenvalue weighted by molar-refractivity contribution is 1.18. The van der Waals surface area contributed by atoms with E-state index in [-0.39, 0.29) is 0 Å². The third kappa shape index (κ3) is 9.41. The zero-order chi connectivity index (χ0) is 50.6. The van der Waals surface area contributed by atoms with Crippen LogP contribution < -0.4 is 0 Å². The number of nitrogens with zero attached hydrogens (tertiary/aromatic N) is 8. The predicted molar refractivity (Wildman–Crippen MR) is 306 cm³/mol. The Balaban J connectivity index is 0.776. The number of hydrogen-bond acceptors (Lipinski definition) is 8. The summed E-state index contributed by atoms with van der Waals surface area (Å²) in [6.45, 7) is 0. The van der Waals surface area contributed by atoms with Crippen LogP contribution in [0, 0.1) is 0 Å². The highest BCUT2D eigenvalue weighted by Crippen LogP contribution is 2.35. The number of pyridine rings is 4. The van der Waals surface area contributed by atoms with Gasteiger partial charge in [-0.05, 0) is 71.4 Å². The molecule has 7 aromatic carbocycles. The van der Waals surface area contributed by atoms with Gasteiger partial charge in [-0.1, -0.05) is 188 Å². The Morgan fingerprint density at radius 3 is 1.16 bits per heavy atom. The summed E-state index contributed by atoms with van der Waals surface area (Å²) in [6.07, 6.45) is 5.47. The average molecular weight is 973 g/mol. The molecule has 0 aliphatic rings. The largest absolute Gasteiger partial charge is 0.256 e. The van der Waals surface area contributed by atoms with E-state index >= 15 is 0 Å². The summed E-state index contributed by atoms with van der Waals surface area (Å²) in [5, 5.41) is 2.29. The van der Waals surface area contributed by atoms with Crippen molar-refractivity contribution in [1.82, 2.24) is 39.9 Å². The topological polar surface area (TPSA) is 103 Å². The Morgan fingerprint density at radius 1 is 0.197 bits per heavy atom. The van der Waals surface area contributed by atoms with E-state index < -0.39 is 0 Å². The number of hydrogen-bond donors (Lipinski definition) is 0. The normalized spacial score (nSPS) is 11.2. The van der Waals surface area contributed by atoms with Crippen molar-refractivity contribution in [1.29, 1.82) is 0 Å². The fourth-order valence-corrected chi connectivity index (χ4v) is 9.57. The lowest BCUT2D eigenvalue weighted by atomic mass is 9.99. The van der Waals surface area contributed by atoms with Gasteiger partial charge in [-0.15, -0.1) is 0 Å². The van der Waals surface area contributed by atoms with Crippen LogP contribution in [0.25, 0.3) is 135 Å². The predicted octanol–water partition coefficient (Wildman–Crippen LogP) is 16.3. The van der Waals surface area contributed by atoms with Crippen LogP contribution in [0.1, 0.15) is 0 Å². The summed E-state index contributed by atoms with van der Waals surface area (Å²) in [6, 6.07) is 84.7. The monoisotopic (exact) mass is 972 g/mol. The first-order valence-electron chi connectivity index (χ1n) is 25.1. The van der Waals surface area contributed by atoms with Gasteiger partial charge in [0.15, 0.2) is 11.6 Å². The van der Waals surface area contributed by atoms with E-state index in [2.05, 4.69) is 186 Å². The molecule has 0 aliphatic heterocycles. The van der Waals surface area contributed by atoms with Crippen molar-refractivity contribution in [3.8, 4) is 124 Å². The standard InChI is InChI=1S/C68H44N8/c1-2-13-46(14-3-1)63-43-64(51-26-22-47(23-27-51)58-18-6-8-39-69-58)74-67(73-63)53-36-32-50(33-37-53)62-42-55(38-41-71-62)61-21-11-20-60(72-61)49-24-28-52(29-25-49)65-44-66(57-17-10-15-45-12-4-5-16-56(45)57)76-68(75-65)54-34-30-48(31-35-54)59-19-7-9-40-70-59/h1-44H. The van der Waals surface area contributed by atoms with Crippen molar-refractivity contribution in [2.45, 2.75) is 0 Å². The van der Waals surface area contributed by atoms with Gasteiger partial charge < -0.3 is 0 Å². The van der Waals surface area contributed by atoms with Crippen molar-refractivity contribution in [2.24, 2.45) is 0 Å². The van der Waals surface area contributed by atoms with E-state index in [1.165, 1.54) is 0 Å². The summed E-state index contributed by atoms with van der Waals surface area (Å²) in [5.41, 5.74) is 18.6. The SMILES string of the molecule is c1ccc(-c2cc(-c3ccc(-c4ccccn4)cc3)nc(-c3ccc(-c4cc(-c5cccc(-c6ccc(-c7cc(-c8cccc9ccccc89)nc(-c8ccc(-c9ccccn9)cc8)n7)cc6)n5)ccn4)cc3)n2)cc1. The second-order valence-corrected chi connectivity index (χ2v) is 18.4. The molecule has 0 fully saturated rings. The minimum absolute atomic E-state index is 0.642. The minimum Gasteiger partial charge on any atom is -0.256 e. The Labute approximate surface area is 439 Å². The number of rotatable bonds is 11. The molecule has 0 N–H and O–H groups in total. The second kappa shape index (κ2) is 20.2. The zero-order valence-electron chi connectivity index (χ0n) is 41.0. The van der Waals surface area contributed by atoms with E-state index in [1.807, 2.05) is 91.4 Å². The van der Waals surface area contributed by atoms with E-state index in [9.17, 15) is 0 Å². The van der Waals surface area contributed by atoms with Gasteiger partial charge in [-0.3, -0.25) is 15.0 Å². The maximum Gasteiger partial charge on any atom is 0.160 e. The molecule has 0 radical (unpaired) electrons. The van der Waals surface area contributed by atoms with Crippen LogP contribution in [0.2, 0.25) is 0 Å². The molecule has 0 atom stereocenters. The van der Waals surface area contributed by atoms with Gasteiger partial charge in [0.2, 0.25) is 0 Å². The van der Waals surface area contributed by atoms with Crippen LogP contribution in [-0.4, -0.2) is 39.9 Å². The minimum atomic E-state index is 0.642. The molecular weight excluding hydrogens is 929 g/mol. The second-order valence-electron chi connectivity index (χ2n) is 18.4. The molecule has 0 saturated carbocycles. The highest BCUT2D eigenvalue weighted by Gasteiger charge is 2.16.